The monoisotopic (exact) mass is 320 g/mol. The van der Waals surface area contributed by atoms with Gasteiger partial charge < -0.3 is 10.6 Å². The zero-order valence-corrected chi connectivity index (χ0v) is 12.4. The minimum Gasteiger partial charge on any atom is -0.367 e. The summed E-state index contributed by atoms with van der Waals surface area (Å²) in [6.45, 7) is 0. The second-order valence-electron chi connectivity index (χ2n) is 5.11. The molecule has 0 spiro atoms. The van der Waals surface area contributed by atoms with Crippen LogP contribution >= 0.6 is 11.6 Å². The SMILES string of the molecule is O=C(Nc1ccccc1F)c1cnc(Cl)nc1NC1CCC1. The van der Waals surface area contributed by atoms with Crippen molar-refractivity contribution >= 4 is 29.0 Å². The lowest BCUT2D eigenvalue weighted by molar-refractivity contribution is 0.102. The number of benzene rings is 1. The van der Waals surface area contributed by atoms with Gasteiger partial charge in [-0.1, -0.05) is 12.1 Å². The van der Waals surface area contributed by atoms with Gasteiger partial charge in [-0.2, -0.15) is 4.98 Å². The van der Waals surface area contributed by atoms with Crippen molar-refractivity contribution in [3.05, 3.63) is 47.1 Å². The lowest BCUT2D eigenvalue weighted by atomic mass is 9.93. The van der Waals surface area contributed by atoms with Crippen molar-refractivity contribution in [3.63, 3.8) is 0 Å². The molecular formula is C15H14ClFN4O. The third-order valence-electron chi connectivity index (χ3n) is 3.57. The number of anilines is 2. The maximum atomic E-state index is 13.6. The zero-order valence-electron chi connectivity index (χ0n) is 11.6. The van der Waals surface area contributed by atoms with Crippen molar-refractivity contribution < 1.29 is 9.18 Å². The summed E-state index contributed by atoms with van der Waals surface area (Å²) >= 11 is 5.80. The molecular weight excluding hydrogens is 307 g/mol. The van der Waals surface area contributed by atoms with Crippen molar-refractivity contribution in [2.75, 3.05) is 10.6 Å². The number of nitrogens with one attached hydrogen (secondary N) is 2. The molecule has 1 amide bonds. The first-order valence-corrected chi connectivity index (χ1v) is 7.36. The van der Waals surface area contributed by atoms with Crippen LogP contribution in [0.3, 0.4) is 0 Å². The predicted molar refractivity (Wildman–Crippen MR) is 82.7 cm³/mol. The lowest BCUT2D eigenvalue weighted by Gasteiger charge is -2.27. The summed E-state index contributed by atoms with van der Waals surface area (Å²) in [4.78, 5) is 20.2. The van der Waals surface area contributed by atoms with Crippen LogP contribution in [-0.4, -0.2) is 21.9 Å². The average molecular weight is 321 g/mol. The number of para-hydroxylation sites is 1. The van der Waals surface area contributed by atoms with E-state index >= 15 is 0 Å². The van der Waals surface area contributed by atoms with Gasteiger partial charge in [-0.05, 0) is 43.0 Å². The molecule has 0 radical (unpaired) electrons. The minimum absolute atomic E-state index is 0.0595. The molecule has 1 heterocycles. The molecule has 22 heavy (non-hydrogen) atoms. The summed E-state index contributed by atoms with van der Waals surface area (Å²) in [5.41, 5.74) is 0.344. The van der Waals surface area contributed by atoms with Gasteiger partial charge in [0.2, 0.25) is 5.28 Å². The zero-order chi connectivity index (χ0) is 15.5. The molecule has 2 N–H and O–H groups in total. The van der Waals surface area contributed by atoms with Gasteiger partial charge >= 0.3 is 0 Å². The molecule has 1 aromatic carbocycles. The summed E-state index contributed by atoms with van der Waals surface area (Å²) in [6, 6.07) is 6.25. The van der Waals surface area contributed by atoms with Gasteiger partial charge in [0.25, 0.3) is 5.91 Å². The Balaban J connectivity index is 1.83. The molecule has 1 fully saturated rings. The minimum atomic E-state index is -0.501. The molecule has 1 aliphatic carbocycles. The first-order valence-electron chi connectivity index (χ1n) is 6.98. The standard InChI is InChI=1S/C15H14ClFN4O/c16-15-18-8-10(13(21-15)19-9-4-3-5-9)14(22)20-12-7-2-1-6-11(12)17/h1-2,6-9H,3-5H2,(H,20,22)(H,18,19,21). The van der Waals surface area contributed by atoms with Crippen molar-refractivity contribution in [2.24, 2.45) is 0 Å². The Kier molecular flexibility index (Phi) is 4.20. The predicted octanol–water partition coefficient (Wildman–Crippen LogP) is 3.49. The Morgan fingerprint density at radius 3 is 2.77 bits per heavy atom. The largest absolute Gasteiger partial charge is 0.367 e. The molecule has 7 heteroatoms. The van der Waals surface area contributed by atoms with Gasteiger partial charge in [-0.3, -0.25) is 4.79 Å². The van der Waals surface area contributed by atoms with Crippen LogP contribution in [-0.2, 0) is 0 Å². The maximum Gasteiger partial charge on any atom is 0.261 e. The number of rotatable bonds is 4. The first-order chi connectivity index (χ1) is 10.6. The van der Waals surface area contributed by atoms with E-state index in [0.29, 0.717) is 5.82 Å². The first kappa shape index (κ1) is 14.7. The van der Waals surface area contributed by atoms with Crippen LogP contribution in [0.4, 0.5) is 15.9 Å². The number of nitrogens with zero attached hydrogens (tertiary/aromatic N) is 2. The van der Waals surface area contributed by atoms with E-state index in [0.717, 1.165) is 19.3 Å². The number of hydrogen-bond acceptors (Lipinski definition) is 4. The smallest absolute Gasteiger partial charge is 0.261 e. The molecule has 114 valence electrons. The molecule has 5 nitrogen and oxygen atoms in total. The highest BCUT2D eigenvalue weighted by Crippen LogP contribution is 2.25. The van der Waals surface area contributed by atoms with Gasteiger partial charge in [0.05, 0.1) is 5.69 Å². The lowest BCUT2D eigenvalue weighted by Crippen LogP contribution is -2.29. The summed E-state index contributed by atoms with van der Waals surface area (Å²) in [5.74, 6) is -0.610. The third-order valence-corrected chi connectivity index (χ3v) is 3.75. The van der Waals surface area contributed by atoms with E-state index < -0.39 is 11.7 Å². The van der Waals surface area contributed by atoms with Crippen LogP contribution in [0.5, 0.6) is 0 Å². The summed E-state index contributed by atoms with van der Waals surface area (Å²) < 4.78 is 13.6. The topological polar surface area (TPSA) is 66.9 Å². The van der Waals surface area contributed by atoms with Crippen LogP contribution in [0.2, 0.25) is 5.28 Å². The molecule has 1 aliphatic rings. The Morgan fingerprint density at radius 2 is 2.09 bits per heavy atom. The van der Waals surface area contributed by atoms with Gasteiger partial charge in [0, 0.05) is 12.2 Å². The van der Waals surface area contributed by atoms with Crippen LogP contribution in [0.1, 0.15) is 29.6 Å². The number of amides is 1. The normalized spacial score (nSPS) is 14.3. The number of carbonyl (C=O) groups is 1. The van der Waals surface area contributed by atoms with Crippen LogP contribution in [0.25, 0.3) is 0 Å². The molecule has 0 aliphatic heterocycles. The highest BCUT2D eigenvalue weighted by atomic mass is 35.5. The molecule has 3 rings (SSSR count). The van der Waals surface area contributed by atoms with E-state index in [1.165, 1.54) is 18.3 Å². The van der Waals surface area contributed by atoms with Crippen LogP contribution in [0.15, 0.2) is 30.5 Å². The van der Waals surface area contributed by atoms with Crippen LogP contribution < -0.4 is 10.6 Å². The fourth-order valence-electron chi connectivity index (χ4n) is 2.13. The number of hydrogen-bond donors (Lipinski definition) is 2. The molecule has 2 aromatic rings. The molecule has 0 saturated heterocycles. The fraction of sp³-hybridized carbons (Fsp3) is 0.267. The Bertz CT molecular complexity index is 706. The maximum absolute atomic E-state index is 13.6. The van der Waals surface area contributed by atoms with E-state index in [1.54, 1.807) is 12.1 Å². The van der Waals surface area contributed by atoms with Crippen molar-refractivity contribution in [1.82, 2.24) is 9.97 Å². The van der Waals surface area contributed by atoms with Gasteiger partial charge in [-0.15, -0.1) is 0 Å². The quantitative estimate of drug-likeness (QED) is 0.846. The summed E-state index contributed by atoms with van der Waals surface area (Å²) in [7, 11) is 0. The Labute approximate surface area is 131 Å². The molecule has 0 bridgehead atoms. The molecule has 0 unspecified atom stereocenters. The van der Waals surface area contributed by atoms with Crippen molar-refractivity contribution in [1.29, 1.82) is 0 Å². The van der Waals surface area contributed by atoms with Crippen LogP contribution in [0, 0.1) is 5.82 Å². The number of carbonyl (C=O) groups excluding carboxylic acids is 1. The third kappa shape index (κ3) is 3.17. The second-order valence-corrected chi connectivity index (χ2v) is 5.45. The molecule has 1 saturated carbocycles. The Hall–Kier alpha value is -2.21. The van der Waals surface area contributed by atoms with Crippen molar-refractivity contribution in [2.45, 2.75) is 25.3 Å². The Morgan fingerprint density at radius 1 is 1.32 bits per heavy atom. The van der Waals surface area contributed by atoms with E-state index in [1.807, 2.05) is 0 Å². The van der Waals surface area contributed by atoms with Gasteiger partial charge in [0.1, 0.15) is 17.2 Å². The molecule has 1 aromatic heterocycles. The highest BCUT2D eigenvalue weighted by molar-refractivity contribution is 6.28. The van der Waals surface area contributed by atoms with E-state index in [4.69, 9.17) is 11.6 Å². The van der Waals surface area contributed by atoms with E-state index in [9.17, 15) is 9.18 Å². The number of halogens is 2. The summed E-state index contributed by atoms with van der Waals surface area (Å²) in [6.07, 6.45) is 4.53. The van der Waals surface area contributed by atoms with E-state index in [-0.39, 0.29) is 22.6 Å². The fourth-order valence-corrected chi connectivity index (χ4v) is 2.27. The average Bonchev–Trinajstić information content (AvgIpc) is 2.45. The van der Waals surface area contributed by atoms with E-state index in [2.05, 4.69) is 20.6 Å². The second kappa shape index (κ2) is 6.27. The van der Waals surface area contributed by atoms with Gasteiger partial charge in [0.15, 0.2) is 0 Å². The van der Waals surface area contributed by atoms with Gasteiger partial charge in [-0.25, -0.2) is 9.37 Å². The number of aromatic nitrogens is 2. The summed E-state index contributed by atoms with van der Waals surface area (Å²) in [5, 5.41) is 5.76. The highest BCUT2D eigenvalue weighted by Gasteiger charge is 2.22. The van der Waals surface area contributed by atoms with Crippen molar-refractivity contribution in [3.8, 4) is 0 Å². The molecule has 0 atom stereocenters.